The van der Waals surface area contributed by atoms with Crippen LogP contribution in [0.15, 0.2) is 48.5 Å². The van der Waals surface area contributed by atoms with Crippen molar-refractivity contribution >= 4 is 11.6 Å². The molecule has 0 saturated heterocycles. The predicted octanol–water partition coefficient (Wildman–Crippen LogP) is 3.34. The molecule has 0 unspecified atom stereocenters. The molecule has 0 aromatic heterocycles. The zero-order valence-corrected chi connectivity index (χ0v) is 13.0. The average Bonchev–Trinajstić information content (AvgIpc) is 2.47. The summed E-state index contributed by atoms with van der Waals surface area (Å²) >= 11 is 0. The Morgan fingerprint density at radius 3 is 2.45 bits per heavy atom. The van der Waals surface area contributed by atoms with Gasteiger partial charge in [-0.3, -0.25) is 4.79 Å². The van der Waals surface area contributed by atoms with Crippen molar-refractivity contribution in [1.29, 1.82) is 0 Å². The van der Waals surface area contributed by atoms with Crippen LogP contribution >= 0.6 is 0 Å². The summed E-state index contributed by atoms with van der Waals surface area (Å²) in [6.07, 6.45) is 0. The Kier molecular flexibility index (Phi) is 5.98. The molecule has 0 atom stereocenters. The van der Waals surface area contributed by atoms with E-state index in [2.05, 4.69) is 5.32 Å². The molecule has 0 bridgehead atoms. The lowest BCUT2D eigenvalue weighted by Gasteiger charge is -2.08. The van der Waals surface area contributed by atoms with Crippen LogP contribution in [0, 0.1) is 13.8 Å². The Balaban J connectivity index is 1.63. The van der Waals surface area contributed by atoms with Gasteiger partial charge in [-0.1, -0.05) is 24.3 Å². The van der Waals surface area contributed by atoms with E-state index in [0.29, 0.717) is 13.2 Å². The molecule has 116 valence electrons. The van der Waals surface area contributed by atoms with Gasteiger partial charge in [0.25, 0.3) is 0 Å². The molecule has 4 nitrogen and oxygen atoms in total. The molecular formula is C18H21NO3. The minimum absolute atomic E-state index is 0.0190. The van der Waals surface area contributed by atoms with E-state index < -0.39 is 0 Å². The molecule has 0 spiro atoms. The zero-order chi connectivity index (χ0) is 15.8. The first kappa shape index (κ1) is 16.0. The fourth-order valence-electron chi connectivity index (χ4n) is 2.01. The molecule has 0 heterocycles. The average molecular weight is 299 g/mol. The second kappa shape index (κ2) is 8.20. The predicted molar refractivity (Wildman–Crippen MR) is 87.3 cm³/mol. The van der Waals surface area contributed by atoms with Crippen LogP contribution in [0.1, 0.15) is 11.1 Å². The molecule has 2 aromatic rings. The van der Waals surface area contributed by atoms with Gasteiger partial charge in [0.05, 0.1) is 6.61 Å². The number of hydrogen-bond acceptors (Lipinski definition) is 3. The summed E-state index contributed by atoms with van der Waals surface area (Å²) in [4.78, 5) is 11.7. The SMILES string of the molecule is Cc1cccc(NC(=O)COCCOc2cccc(C)c2)c1. The summed E-state index contributed by atoms with van der Waals surface area (Å²) < 4.78 is 10.9. The van der Waals surface area contributed by atoms with Gasteiger partial charge in [-0.15, -0.1) is 0 Å². The number of hydrogen-bond donors (Lipinski definition) is 1. The number of benzene rings is 2. The van der Waals surface area contributed by atoms with Crippen LogP contribution in [0.25, 0.3) is 0 Å². The second-order valence-corrected chi connectivity index (χ2v) is 5.14. The number of ether oxygens (including phenoxy) is 2. The molecule has 1 N–H and O–H groups in total. The first-order chi connectivity index (χ1) is 10.6. The minimum atomic E-state index is -0.166. The first-order valence-electron chi connectivity index (χ1n) is 7.27. The first-order valence-corrected chi connectivity index (χ1v) is 7.27. The lowest BCUT2D eigenvalue weighted by Crippen LogP contribution is -2.20. The summed E-state index contributed by atoms with van der Waals surface area (Å²) in [5, 5.41) is 2.79. The molecule has 0 saturated carbocycles. The molecule has 2 rings (SSSR count). The van der Waals surface area contributed by atoms with Crippen molar-refractivity contribution in [2.45, 2.75) is 13.8 Å². The zero-order valence-electron chi connectivity index (χ0n) is 13.0. The summed E-state index contributed by atoms with van der Waals surface area (Å²) in [5.74, 6) is 0.647. The highest BCUT2D eigenvalue weighted by atomic mass is 16.5. The lowest BCUT2D eigenvalue weighted by atomic mass is 10.2. The van der Waals surface area contributed by atoms with Gasteiger partial charge in [-0.25, -0.2) is 0 Å². The minimum Gasteiger partial charge on any atom is -0.491 e. The molecule has 2 aromatic carbocycles. The number of nitrogens with one attached hydrogen (secondary N) is 1. The van der Waals surface area contributed by atoms with E-state index >= 15 is 0 Å². The van der Waals surface area contributed by atoms with E-state index in [0.717, 1.165) is 22.6 Å². The third kappa shape index (κ3) is 5.58. The maximum absolute atomic E-state index is 11.7. The van der Waals surface area contributed by atoms with Crippen LogP contribution in [0.3, 0.4) is 0 Å². The quantitative estimate of drug-likeness (QED) is 0.798. The molecule has 0 radical (unpaired) electrons. The van der Waals surface area contributed by atoms with E-state index in [9.17, 15) is 4.79 Å². The van der Waals surface area contributed by atoms with Crippen LogP contribution in [0.4, 0.5) is 5.69 Å². The third-order valence-corrected chi connectivity index (χ3v) is 3.02. The topological polar surface area (TPSA) is 47.6 Å². The highest BCUT2D eigenvalue weighted by molar-refractivity contribution is 5.91. The Bertz CT molecular complexity index is 625. The number of amides is 1. The van der Waals surface area contributed by atoms with Gasteiger partial charge in [0.2, 0.25) is 5.91 Å². The maximum atomic E-state index is 11.7. The van der Waals surface area contributed by atoms with E-state index in [1.165, 1.54) is 0 Å². The van der Waals surface area contributed by atoms with Crippen molar-refractivity contribution in [1.82, 2.24) is 0 Å². The molecule has 0 fully saturated rings. The third-order valence-electron chi connectivity index (χ3n) is 3.02. The van der Waals surface area contributed by atoms with Crippen LogP contribution in [0.5, 0.6) is 5.75 Å². The van der Waals surface area contributed by atoms with Crippen LogP contribution in [0.2, 0.25) is 0 Å². The van der Waals surface area contributed by atoms with Crippen LogP contribution in [-0.2, 0) is 9.53 Å². The van der Waals surface area contributed by atoms with Gasteiger partial charge >= 0.3 is 0 Å². The Labute approximate surface area is 131 Å². The number of carbonyl (C=O) groups is 1. The maximum Gasteiger partial charge on any atom is 0.250 e. The number of aryl methyl sites for hydroxylation is 2. The highest BCUT2D eigenvalue weighted by Gasteiger charge is 2.02. The van der Waals surface area contributed by atoms with E-state index in [1.54, 1.807) is 0 Å². The standard InChI is InChI=1S/C18H21NO3/c1-14-5-3-7-16(11-14)19-18(20)13-21-9-10-22-17-8-4-6-15(2)12-17/h3-8,11-12H,9-10,13H2,1-2H3,(H,19,20). The normalized spacial score (nSPS) is 10.3. The van der Waals surface area contributed by atoms with E-state index in [-0.39, 0.29) is 12.5 Å². The summed E-state index contributed by atoms with van der Waals surface area (Å²) in [6.45, 7) is 4.80. The summed E-state index contributed by atoms with van der Waals surface area (Å²) in [7, 11) is 0. The second-order valence-electron chi connectivity index (χ2n) is 5.14. The van der Waals surface area contributed by atoms with Crippen LogP contribution < -0.4 is 10.1 Å². The van der Waals surface area contributed by atoms with Gasteiger partial charge in [0.1, 0.15) is 19.0 Å². The molecular weight excluding hydrogens is 278 g/mol. The fourth-order valence-corrected chi connectivity index (χ4v) is 2.01. The Morgan fingerprint density at radius 2 is 1.73 bits per heavy atom. The van der Waals surface area contributed by atoms with E-state index in [1.807, 2.05) is 62.4 Å². The van der Waals surface area contributed by atoms with Gasteiger partial charge in [0, 0.05) is 5.69 Å². The monoisotopic (exact) mass is 299 g/mol. The molecule has 4 heteroatoms. The van der Waals surface area contributed by atoms with E-state index in [4.69, 9.17) is 9.47 Å². The summed E-state index contributed by atoms with van der Waals surface area (Å²) in [6, 6.07) is 15.5. The van der Waals surface area contributed by atoms with Crippen molar-refractivity contribution in [2.24, 2.45) is 0 Å². The van der Waals surface area contributed by atoms with Crippen LogP contribution in [-0.4, -0.2) is 25.7 Å². The largest absolute Gasteiger partial charge is 0.491 e. The van der Waals surface area contributed by atoms with Gasteiger partial charge < -0.3 is 14.8 Å². The molecule has 1 amide bonds. The molecule has 0 aliphatic rings. The number of carbonyl (C=O) groups excluding carboxylic acids is 1. The van der Waals surface area contributed by atoms with Crippen molar-refractivity contribution < 1.29 is 14.3 Å². The van der Waals surface area contributed by atoms with Gasteiger partial charge in [-0.2, -0.15) is 0 Å². The fraction of sp³-hybridized carbons (Fsp3) is 0.278. The smallest absolute Gasteiger partial charge is 0.250 e. The molecule has 0 aliphatic carbocycles. The van der Waals surface area contributed by atoms with Crippen molar-refractivity contribution in [3.05, 3.63) is 59.7 Å². The van der Waals surface area contributed by atoms with Gasteiger partial charge in [0.15, 0.2) is 0 Å². The number of rotatable bonds is 7. The van der Waals surface area contributed by atoms with Crippen molar-refractivity contribution in [3.8, 4) is 5.75 Å². The van der Waals surface area contributed by atoms with Crippen molar-refractivity contribution in [2.75, 3.05) is 25.1 Å². The van der Waals surface area contributed by atoms with Crippen molar-refractivity contribution in [3.63, 3.8) is 0 Å². The lowest BCUT2D eigenvalue weighted by molar-refractivity contribution is -0.120. The van der Waals surface area contributed by atoms with Gasteiger partial charge in [-0.05, 0) is 49.2 Å². The number of anilines is 1. The summed E-state index contributed by atoms with van der Waals surface area (Å²) in [5.41, 5.74) is 3.03. The Hall–Kier alpha value is -2.33. The Morgan fingerprint density at radius 1 is 1.00 bits per heavy atom. The molecule has 0 aliphatic heterocycles. The molecule has 22 heavy (non-hydrogen) atoms. The highest BCUT2D eigenvalue weighted by Crippen LogP contribution is 2.12.